The summed E-state index contributed by atoms with van der Waals surface area (Å²) in [7, 11) is 0. The maximum absolute atomic E-state index is 12.9. The molecule has 0 unspecified atom stereocenters. The molecule has 29 heavy (non-hydrogen) atoms. The van der Waals surface area contributed by atoms with Gasteiger partial charge >= 0.3 is 5.97 Å². The number of nitrogens with one attached hydrogen (secondary N) is 1. The van der Waals surface area contributed by atoms with Crippen molar-refractivity contribution in [1.29, 1.82) is 0 Å². The molecular formula is C18H23N5O6. The number of carbonyl (C=O) groups is 2. The first-order valence-corrected chi connectivity index (χ1v) is 9.10. The third-order valence-electron chi connectivity index (χ3n) is 4.09. The first kappa shape index (κ1) is 20.4. The fourth-order valence-electron chi connectivity index (χ4n) is 2.74. The summed E-state index contributed by atoms with van der Waals surface area (Å²) in [6, 6.07) is 1.50. The zero-order valence-corrected chi connectivity index (χ0v) is 16.4. The van der Waals surface area contributed by atoms with E-state index in [4.69, 9.17) is 5.11 Å². The van der Waals surface area contributed by atoms with E-state index in [1.807, 2.05) is 20.8 Å². The van der Waals surface area contributed by atoms with Crippen LogP contribution in [0, 0.1) is 5.41 Å². The molecule has 0 aliphatic heterocycles. The molecule has 0 spiro atoms. The Bertz CT molecular complexity index is 1040. The highest BCUT2D eigenvalue weighted by atomic mass is 16.6. The van der Waals surface area contributed by atoms with Crippen LogP contribution in [-0.2, 0) is 16.2 Å². The second kappa shape index (κ2) is 7.57. The van der Waals surface area contributed by atoms with Crippen molar-refractivity contribution in [2.75, 3.05) is 6.61 Å². The predicted molar refractivity (Wildman–Crippen MR) is 102 cm³/mol. The molecule has 1 saturated carbocycles. The molecule has 3 rings (SSSR count). The van der Waals surface area contributed by atoms with Crippen LogP contribution in [0.2, 0.25) is 0 Å². The molecule has 1 aliphatic rings. The predicted octanol–water partition coefficient (Wildman–Crippen LogP) is 0.575. The molecule has 0 radical (unpaired) electrons. The standard InChI is InChI=1S/C18H23N5O6/c1-18(2,3)9-22-12-6-11(7-19-29-8-13(24)25)21-23(12)17(28)14(16(22)27)15(26)20-10-4-5-10/h6-7,10,27H,4-5,8-9H2,1-3H3,(H,20,26)(H,24,25). The minimum absolute atomic E-state index is 0.0137. The lowest BCUT2D eigenvalue weighted by Gasteiger charge is -2.23. The summed E-state index contributed by atoms with van der Waals surface area (Å²) in [6.45, 7) is 5.54. The van der Waals surface area contributed by atoms with Crippen LogP contribution in [0.1, 0.15) is 49.7 Å². The van der Waals surface area contributed by atoms with Crippen molar-refractivity contribution in [3.05, 3.63) is 27.7 Å². The van der Waals surface area contributed by atoms with Gasteiger partial charge in [-0.15, -0.1) is 0 Å². The van der Waals surface area contributed by atoms with Crippen molar-refractivity contribution in [1.82, 2.24) is 19.5 Å². The van der Waals surface area contributed by atoms with Gasteiger partial charge in [-0.25, -0.2) is 4.79 Å². The van der Waals surface area contributed by atoms with Gasteiger partial charge in [-0.3, -0.25) is 14.2 Å². The summed E-state index contributed by atoms with van der Waals surface area (Å²) in [5, 5.41) is 29.6. The molecule has 3 N–H and O–H groups in total. The summed E-state index contributed by atoms with van der Waals surface area (Å²) in [5.74, 6) is -2.26. The van der Waals surface area contributed by atoms with Crippen LogP contribution in [0.15, 0.2) is 16.0 Å². The lowest BCUT2D eigenvalue weighted by atomic mass is 9.96. The molecule has 0 saturated heterocycles. The monoisotopic (exact) mass is 405 g/mol. The maximum atomic E-state index is 12.9. The third-order valence-corrected chi connectivity index (χ3v) is 4.09. The van der Waals surface area contributed by atoms with Crippen LogP contribution in [0.5, 0.6) is 5.88 Å². The lowest BCUT2D eigenvalue weighted by Crippen LogP contribution is -2.35. The highest BCUT2D eigenvalue weighted by Gasteiger charge is 2.30. The third kappa shape index (κ3) is 4.73. The average Bonchev–Trinajstić information content (AvgIpc) is 3.30. The van der Waals surface area contributed by atoms with Crippen LogP contribution in [0.3, 0.4) is 0 Å². The van der Waals surface area contributed by atoms with E-state index in [0.717, 1.165) is 23.6 Å². The van der Waals surface area contributed by atoms with Crippen molar-refractivity contribution in [3.8, 4) is 5.88 Å². The van der Waals surface area contributed by atoms with Gasteiger partial charge in [-0.2, -0.15) is 9.61 Å². The number of hydrogen-bond donors (Lipinski definition) is 3. The number of hydrogen-bond acceptors (Lipinski definition) is 7. The van der Waals surface area contributed by atoms with Crippen LogP contribution in [0.25, 0.3) is 5.65 Å². The van der Waals surface area contributed by atoms with Gasteiger partial charge in [0.05, 0.1) is 6.21 Å². The van der Waals surface area contributed by atoms with Gasteiger partial charge in [0.15, 0.2) is 5.56 Å². The van der Waals surface area contributed by atoms with E-state index >= 15 is 0 Å². The molecule has 11 heteroatoms. The van der Waals surface area contributed by atoms with E-state index in [2.05, 4.69) is 20.4 Å². The topological polar surface area (TPSA) is 148 Å². The number of carbonyl (C=O) groups excluding carboxylic acids is 1. The van der Waals surface area contributed by atoms with Crippen molar-refractivity contribution in [2.45, 2.75) is 46.2 Å². The molecule has 1 fully saturated rings. The molecule has 2 aromatic rings. The van der Waals surface area contributed by atoms with E-state index in [0.29, 0.717) is 6.54 Å². The number of aromatic nitrogens is 3. The largest absolute Gasteiger partial charge is 0.494 e. The number of fused-ring (bicyclic) bond motifs is 1. The minimum atomic E-state index is -1.18. The van der Waals surface area contributed by atoms with Crippen molar-refractivity contribution < 1.29 is 24.6 Å². The quantitative estimate of drug-likeness (QED) is 0.451. The number of aliphatic carboxylic acids is 1. The summed E-state index contributed by atoms with van der Waals surface area (Å²) in [5.41, 5.74) is -0.936. The average molecular weight is 405 g/mol. The molecule has 156 valence electrons. The van der Waals surface area contributed by atoms with Gasteiger partial charge in [-0.1, -0.05) is 25.9 Å². The normalized spacial score (nSPS) is 14.4. The van der Waals surface area contributed by atoms with E-state index in [1.54, 1.807) is 0 Å². The molecule has 0 atom stereocenters. The Morgan fingerprint density at radius 3 is 2.69 bits per heavy atom. The first-order chi connectivity index (χ1) is 13.6. The molecule has 1 aliphatic carbocycles. The summed E-state index contributed by atoms with van der Waals surface area (Å²) >= 11 is 0. The molecule has 2 heterocycles. The Morgan fingerprint density at radius 2 is 2.10 bits per heavy atom. The zero-order chi connectivity index (χ0) is 21.3. The molecule has 0 bridgehead atoms. The molecule has 1 amide bonds. The van der Waals surface area contributed by atoms with Crippen LogP contribution in [0.4, 0.5) is 0 Å². The van der Waals surface area contributed by atoms with Crippen molar-refractivity contribution >= 4 is 23.7 Å². The first-order valence-electron chi connectivity index (χ1n) is 9.10. The fraction of sp³-hybridized carbons (Fsp3) is 0.500. The van der Waals surface area contributed by atoms with Crippen LogP contribution < -0.4 is 10.9 Å². The highest BCUT2D eigenvalue weighted by Crippen LogP contribution is 2.26. The van der Waals surface area contributed by atoms with Gasteiger partial charge in [0.2, 0.25) is 12.5 Å². The van der Waals surface area contributed by atoms with Crippen LogP contribution in [-0.4, -0.2) is 55.1 Å². The Balaban J connectivity index is 2.08. The second-order valence-electron chi connectivity index (χ2n) is 8.14. The van der Waals surface area contributed by atoms with E-state index in [-0.39, 0.29) is 28.4 Å². The SMILES string of the molecule is CC(C)(C)Cn1c(O)c(C(=O)NC2CC2)c(=O)n2nc(C=NOCC(=O)O)cc12. The number of nitrogens with zero attached hydrogens (tertiary/aromatic N) is 4. The van der Waals surface area contributed by atoms with Gasteiger partial charge in [0, 0.05) is 18.7 Å². The van der Waals surface area contributed by atoms with Gasteiger partial charge in [0.1, 0.15) is 11.3 Å². The number of carboxylic acid groups (broad SMARTS) is 1. The summed E-state index contributed by atoms with van der Waals surface area (Å²) < 4.78 is 2.47. The molecule has 0 aromatic carbocycles. The van der Waals surface area contributed by atoms with Gasteiger partial charge < -0.3 is 20.4 Å². The Hall–Kier alpha value is -3.37. The van der Waals surface area contributed by atoms with Crippen LogP contribution >= 0.6 is 0 Å². The molecule has 2 aromatic heterocycles. The maximum Gasteiger partial charge on any atom is 0.344 e. The smallest absolute Gasteiger partial charge is 0.344 e. The summed E-state index contributed by atoms with van der Waals surface area (Å²) in [4.78, 5) is 40.5. The van der Waals surface area contributed by atoms with Gasteiger partial charge in [-0.05, 0) is 18.3 Å². The van der Waals surface area contributed by atoms with E-state index < -0.39 is 29.9 Å². The number of oxime groups is 1. The Kier molecular flexibility index (Phi) is 5.31. The highest BCUT2D eigenvalue weighted by molar-refractivity contribution is 5.96. The van der Waals surface area contributed by atoms with E-state index in [1.165, 1.54) is 10.6 Å². The summed E-state index contributed by atoms with van der Waals surface area (Å²) in [6.07, 6.45) is 2.82. The Labute approximate surface area is 165 Å². The zero-order valence-electron chi connectivity index (χ0n) is 16.4. The number of amides is 1. The molecular weight excluding hydrogens is 382 g/mol. The lowest BCUT2D eigenvalue weighted by molar-refractivity contribution is -0.142. The molecule has 11 nitrogen and oxygen atoms in total. The number of rotatable bonds is 7. The van der Waals surface area contributed by atoms with Crippen molar-refractivity contribution in [2.24, 2.45) is 10.6 Å². The Morgan fingerprint density at radius 1 is 1.41 bits per heavy atom. The number of aromatic hydroxyl groups is 1. The second-order valence-corrected chi connectivity index (χ2v) is 8.14. The van der Waals surface area contributed by atoms with Crippen molar-refractivity contribution in [3.63, 3.8) is 0 Å². The van der Waals surface area contributed by atoms with E-state index in [9.17, 15) is 19.5 Å². The van der Waals surface area contributed by atoms with Gasteiger partial charge in [0.25, 0.3) is 11.5 Å². The minimum Gasteiger partial charge on any atom is -0.494 e. The fourth-order valence-corrected chi connectivity index (χ4v) is 2.74. The number of carboxylic acids is 1.